The lowest BCUT2D eigenvalue weighted by molar-refractivity contribution is -0.122. The molecule has 0 spiro atoms. The molecule has 0 aliphatic rings. The van der Waals surface area contributed by atoms with Crippen LogP contribution in [-0.4, -0.2) is 23.1 Å². The van der Waals surface area contributed by atoms with Gasteiger partial charge in [-0.15, -0.1) is 0 Å². The molecule has 0 aliphatic carbocycles. The fourth-order valence-electron chi connectivity index (χ4n) is 1.23. The van der Waals surface area contributed by atoms with Crippen molar-refractivity contribution < 1.29 is 9.32 Å². The van der Waals surface area contributed by atoms with Crippen molar-refractivity contribution in [2.24, 2.45) is 0 Å². The molecule has 1 rings (SSSR count). The van der Waals surface area contributed by atoms with Crippen molar-refractivity contribution in [2.45, 2.75) is 39.7 Å². The van der Waals surface area contributed by atoms with E-state index in [4.69, 9.17) is 4.52 Å². The molecule has 1 heterocycles. The van der Waals surface area contributed by atoms with Gasteiger partial charge in [-0.2, -0.15) is 0 Å². The zero-order valence-electron chi connectivity index (χ0n) is 10.3. The van der Waals surface area contributed by atoms with Gasteiger partial charge in [0.1, 0.15) is 5.76 Å². The number of carbonyl (C=O) groups excluding carboxylic acids is 1. The summed E-state index contributed by atoms with van der Waals surface area (Å²) in [4.78, 5) is 11.5. The first-order valence-corrected chi connectivity index (χ1v) is 5.35. The average Bonchev–Trinajstić information content (AvgIpc) is 2.48. The number of anilines is 1. The quantitative estimate of drug-likeness (QED) is 0.818. The number of nitrogens with one attached hydrogen (secondary N) is 2. The lowest BCUT2D eigenvalue weighted by atomic mass is 10.1. The molecule has 0 atom stereocenters. The lowest BCUT2D eigenvalue weighted by Gasteiger charge is -2.20. The van der Waals surface area contributed by atoms with Crippen molar-refractivity contribution in [3.05, 3.63) is 11.8 Å². The molecule has 5 nitrogen and oxygen atoms in total. The molecule has 0 radical (unpaired) electrons. The van der Waals surface area contributed by atoms with Gasteiger partial charge in [0.2, 0.25) is 5.91 Å². The van der Waals surface area contributed by atoms with Crippen LogP contribution in [0.4, 0.5) is 5.82 Å². The van der Waals surface area contributed by atoms with Crippen LogP contribution in [-0.2, 0) is 4.79 Å². The van der Waals surface area contributed by atoms with Gasteiger partial charge >= 0.3 is 0 Å². The molecule has 16 heavy (non-hydrogen) atoms. The summed E-state index contributed by atoms with van der Waals surface area (Å²) in [5.41, 5.74) is -0.179. The second-order valence-electron chi connectivity index (χ2n) is 4.80. The van der Waals surface area contributed by atoms with E-state index in [-0.39, 0.29) is 11.4 Å². The van der Waals surface area contributed by atoms with Crippen molar-refractivity contribution >= 4 is 11.7 Å². The third-order valence-electron chi connectivity index (χ3n) is 1.80. The summed E-state index contributed by atoms with van der Waals surface area (Å²) >= 11 is 0. The monoisotopic (exact) mass is 225 g/mol. The molecule has 90 valence electrons. The van der Waals surface area contributed by atoms with Crippen LogP contribution in [0.5, 0.6) is 0 Å². The minimum atomic E-state index is -0.179. The largest absolute Gasteiger partial charge is 0.367 e. The summed E-state index contributed by atoms with van der Waals surface area (Å²) in [6.07, 6.45) is 0.420. The van der Waals surface area contributed by atoms with E-state index in [9.17, 15) is 4.79 Å². The molecule has 0 bridgehead atoms. The van der Waals surface area contributed by atoms with Gasteiger partial charge in [0, 0.05) is 24.6 Å². The van der Waals surface area contributed by atoms with Crippen LogP contribution in [0.2, 0.25) is 0 Å². The summed E-state index contributed by atoms with van der Waals surface area (Å²) in [6, 6.07) is 1.79. The number of carbonyl (C=O) groups is 1. The highest BCUT2D eigenvalue weighted by molar-refractivity contribution is 5.77. The maximum Gasteiger partial charge on any atom is 0.222 e. The molecule has 0 aliphatic heterocycles. The fraction of sp³-hybridized carbons (Fsp3) is 0.636. The van der Waals surface area contributed by atoms with Crippen LogP contribution in [0.1, 0.15) is 33.0 Å². The van der Waals surface area contributed by atoms with Gasteiger partial charge < -0.3 is 15.2 Å². The van der Waals surface area contributed by atoms with E-state index >= 15 is 0 Å². The van der Waals surface area contributed by atoms with E-state index in [0.717, 1.165) is 5.76 Å². The van der Waals surface area contributed by atoms with Gasteiger partial charge in [-0.05, 0) is 27.7 Å². The summed E-state index contributed by atoms with van der Waals surface area (Å²) in [5, 5.41) is 9.67. The molecule has 1 aromatic rings. The molecule has 0 unspecified atom stereocenters. The molecule has 0 fully saturated rings. The van der Waals surface area contributed by atoms with Gasteiger partial charge in [0.15, 0.2) is 5.82 Å². The van der Waals surface area contributed by atoms with Gasteiger partial charge in [0.05, 0.1) is 0 Å². The van der Waals surface area contributed by atoms with E-state index in [1.165, 1.54) is 0 Å². The number of rotatable bonds is 4. The SMILES string of the molecule is Cc1cc(NCCC(=O)NC(C)(C)C)no1. The molecule has 5 heteroatoms. The van der Waals surface area contributed by atoms with Crippen LogP contribution >= 0.6 is 0 Å². The zero-order chi connectivity index (χ0) is 12.2. The Morgan fingerprint density at radius 3 is 2.69 bits per heavy atom. The minimum absolute atomic E-state index is 0.0280. The van der Waals surface area contributed by atoms with Gasteiger partial charge in [-0.1, -0.05) is 5.16 Å². The molecular formula is C11H19N3O2. The summed E-state index contributed by atoms with van der Waals surface area (Å²) < 4.78 is 4.89. The first kappa shape index (κ1) is 12.5. The van der Waals surface area contributed by atoms with Crippen LogP contribution in [0.25, 0.3) is 0 Å². The first-order valence-electron chi connectivity index (χ1n) is 5.35. The van der Waals surface area contributed by atoms with Crippen molar-refractivity contribution in [1.29, 1.82) is 0 Å². The Kier molecular flexibility index (Phi) is 3.93. The van der Waals surface area contributed by atoms with Crippen molar-refractivity contribution in [3.63, 3.8) is 0 Å². The summed E-state index contributed by atoms with van der Waals surface area (Å²) in [6.45, 7) is 8.25. The molecular weight excluding hydrogens is 206 g/mol. The Labute approximate surface area is 95.6 Å². The normalized spacial score (nSPS) is 11.2. The lowest BCUT2D eigenvalue weighted by Crippen LogP contribution is -2.41. The highest BCUT2D eigenvalue weighted by Crippen LogP contribution is 2.06. The molecule has 1 amide bonds. The predicted molar refractivity (Wildman–Crippen MR) is 62.2 cm³/mol. The molecule has 0 aromatic carbocycles. The van der Waals surface area contributed by atoms with Gasteiger partial charge in [-0.3, -0.25) is 4.79 Å². The number of hydrogen-bond acceptors (Lipinski definition) is 4. The zero-order valence-corrected chi connectivity index (χ0v) is 10.3. The maximum atomic E-state index is 11.5. The van der Waals surface area contributed by atoms with Crippen LogP contribution in [0, 0.1) is 6.92 Å². The van der Waals surface area contributed by atoms with E-state index < -0.39 is 0 Å². The van der Waals surface area contributed by atoms with Crippen molar-refractivity contribution in [3.8, 4) is 0 Å². The highest BCUT2D eigenvalue weighted by atomic mass is 16.5. The van der Waals surface area contributed by atoms with E-state index in [1.54, 1.807) is 6.07 Å². The van der Waals surface area contributed by atoms with Gasteiger partial charge in [-0.25, -0.2) is 0 Å². The number of nitrogens with zero attached hydrogens (tertiary/aromatic N) is 1. The Morgan fingerprint density at radius 1 is 1.50 bits per heavy atom. The third kappa shape index (κ3) is 4.82. The number of aryl methyl sites for hydroxylation is 1. The number of aromatic nitrogens is 1. The molecule has 1 aromatic heterocycles. The second kappa shape index (κ2) is 5.01. The standard InChI is InChI=1S/C11H19N3O2/c1-8-7-9(14-16-8)12-6-5-10(15)13-11(2,3)4/h7H,5-6H2,1-4H3,(H,12,14)(H,13,15). The Balaban J connectivity index is 2.23. The summed E-state index contributed by atoms with van der Waals surface area (Å²) in [5.74, 6) is 1.45. The Morgan fingerprint density at radius 2 is 2.19 bits per heavy atom. The summed E-state index contributed by atoms with van der Waals surface area (Å²) in [7, 11) is 0. The highest BCUT2D eigenvalue weighted by Gasteiger charge is 2.13. The maximum absolute atomic E-state index is 11.5. The average molecular weight is 225 g/mol. The van der Waals surface area contributed by atoms with E-state index in [1.807, 2.05) is 27.7 Å². The predicted octanol–water partition coefficient (Wildman–Crippen LogP) is 1.70. The number of amides is 1. The van der Waals surface area contributed by atoms with Crippen molar-refractivity contribution in [2.75, 3.05) is 11.9 Å². The molecule has 0 saturated heterocycles. The van der Waals surface area contributed by atoms with E-state index in [2.05, 4.69) is 15.8 Å². The number of hydrogen-bond donors (Lipinski definition) is 2. The second-order valence-corrected chi connectivity index (χ2v) is 4.80. The fourth-order valence-corrected chi connectivity index (χ4v) is 1.23. The molecule has 2 N–H and O–H groups in total. The Hall–Kier alpha value is -1.52. The molecule has 0 saturated carbocycles. The van der Waals surface area contributed by atoms with Crippen molar-refractivity contribution in [1.82, 2.24) is 10.5 Å². The smallest absolute Gasteiger partial charge is 0.222 e. The van der Waals surface area contributed by atoms with Gasteiger partial charge in [0.25, 0.3) is 0 Å². The minimum Gasteiger partial charge on any atom is -0.367 e. The third-order valence-corrected chi connectivity index (χ3v) is 1.80. The van der Waals surface area contributed by atoms with Crippen LogP contribution < -0.4 is 10.6 Å². The van der Waals surface area contributed by atoms with E-state index in [0.29, 0.717) is 18.8 Å². The first-order chi connectivity index (χ1) is 7.37. The van der Waals surface area contributed by atoms with Crippen LogP contribution in [0.15, 0.2) is 10.6 Å². The van der Waals surface area contributed by atoms with Crippen LogP contribution in [0.3, 0.4) is 0 Å². The topological polar surface area (TPSA) is 67.2 Å². The Bertz CT molecular complexity index is 352.